The lowest BCUT2D eigenvalue weighted by Gasteiger charge is -2.40. The second kappa shape index (κ2) is 6.59. The largest absolute Gasteiger partial charge is 0.374 e. The van der Waals surface area contributed by atoms with Gasteiger partial charge in [0.05, 0.1) is 5.60 Å². The van der Waals surface area contributed by atoms with Crippen molar-refractivity contribution in [3.8, 4) is 0 Å². The molecule has 0 aromatic carbocycles. The summed E-state index contributed by atoms with van der Waals surface area (Å²) in [4.78, 5) is 0. The van der Waals surface area contributed by atoms with Crippen LogP contribution in [0, 0.1) is 0 Å². The fourth-order valence-corrected chi connectivity index (χ4v) is 6.08. The van der Waals surface area contributed by atoms with E-state index in [-0.39, 0.29) is 5.60 Å². The smallest absolute Gasteiger partial charge is 0.0795 e. The highest BCUT2D eigenvalue weighted by molar-refractivity contribution is 7.99. The van der Waals surface area contributed by atoms with Gasteiger partial charge in [0, 0.05) is 29.7 Å². The van der Waals surface area contributed by atoms with Gasteiger partial charge in [-0.3, -0.25) is 0 Å². The van der Waals surface area contributed by atoms with Crippen LogP contribution >= 0.6 is 23.5 Å². The first-order chi connectivity index (χ1) is 9.30. The van der Waals surface area contributed by atoms with E-state index in [1.54, 1.807) is 0 Å². The Morgan fingerprint density at radius 2 is 2.21 bits per heavy atom. The van der Waals surface area contributed by atoms with Crippen LogP contribution in [0.4, 0.5) is 0 Å². The van der Waals surface area contributed by atoms with Gasteiger partial charge in [-0.25, -0.2) is 0 Å². The maximum Gasteiger partial charge on any atom is 0.0795 e. The maximum absolute atomic E-state index is 6.12. The number of thioether (sulfide) groups is 2. The highest BCUT2D eigenvalue weighted by Crippen LogP contribution is 2.38. The molecule has 2 aliphatic heterocycles. The Balaban J connectivity index is 1.51. The standard InChI is InChI=1S/C15H27NOS2/c1-18-14-4-2-3-12(9-14)16-13-5-7-17-15(10-13)6-8-19-11-15/h12-14,16H,2-11H2,1H3. The Labute approximate surface area is 126 Å². The molecule has 2 nitrogen and oxygen atoms in total. The summed E-state index contributed by atoms with van der Waals surface area (Å²) in [6.07, 6.45) is 11.6. The zero-order valence-corrected chi connectivity index (χ0v) is 13.7. The van der Waals surface area contributed by atoms with Crippen molar-refractivity contribution >= 4 is 23.5 Å². The molecule has 19 heavy (non-hydrogen) atoms. The van der Waals surface area contributed by atoms with Crippen LogP contribution in [0.3, 0.4) is 0 Å². The Morgan fingerprint density at radius 3 is 3.00 bits per heavy atom. The van der Waals surface area contributed by atoms with Gasteiger partial charge in [-0.05, 0) is 50.5 Å². The van der Waals surface area contributed by atoms with Crippen LogP contribution in [0.15, 0.2) is 0 Å². The van der Waals surface area contributed by atoms with Gasteiger partial charge in [-0.1, -0.05) is 6.42 Å². The Hall–Kier alpha value is 0.620. The number of rotatable bonds is 3. The summed E-state index contributed by atoms with van der Waals surface area (Å²) < 4.78 is 6.12. The van der Waals surface area contributed by atoms with Crippen LogP contribution < -0.4 is 5.32 Å². The molecule has 2 heterocycles. The molecule has 0 aromatic heterocycles. The topological polar surface area (TPSA) is 21.3 Å². The molecule has 110 valence electrons. The molecule has 1 N–H and O–H groups in total. The van der Waals surface area contributed by atoms with Gasteiger partial charge in [0.2, 0.25) is 0 Å². The summed E-state index contributed by atoms with van der Waals surface area (Å²) >= 11 is 4.14. The van der Waals surface area contributed by atoms with Crippen LogP contribution in [0.1, 0.15) is 44.9 Å². The van der Waals surface area contributed by atoms with E-state index < -0.39 is 0 Å². The quantitative estimate of drug-likeness (QED) is 0.863. The molecule has 4 unspecified atom stereocenters. The molecule has 0 amide bonds. The Kier molecular flexibility index (Phi) is 5.05. The van der Waals surface area contributed by atoms with E-state index in [2.05, 4.69) is 35.1 Å². The fourth-order valence-electron chi connectivity index (χ4n) is 3.88. The third-order valence-corrected chi connectivity index (χ3v) is 7.31. The van der Waals surface area contributed by atoms with E-state index in [1.165, 1.54) is 56.5 Å². The van der Waals surface area contributed by atoms with Gasteiger partial charge in [-0.15, -0.1) is 0 Å². The monoisotopic (exact) mass is 301 g/mol. The third kappa shape index (κ3) is 3.63. The second-order valence-electron chi connectivity index (χ2n) is 6.41. The van der Waals surface area contributed by atoms with Crippen LogP contribution in [0.25, 0.3) is 0 Å². The third-order valence-electron chi connectivity index (χ3n) is 4.99. The summed E-state index contributed by atoms with van der Waals surface area (Å²) in [5.41, 5.74) is 0.230. The Morgan fingerprint density at radius 1 is 1.26 bits per heavy atom. The van der Waals surface area contributed by atoms with Crippen molar-refractivity contribution < 1.29 is 4.74 Å². The van der Waals surface area contributed by atoms with Crippen molar-refractivity contribution in [3.05, 3.63) is 0 Å². The number of hydrogen-bond acceptors (Lipinski definition) is 4. The number of ether oxygens (including phenoxy) is 1. The van der Waals surface area contributed by atoms with Crippen LogP contribution in [0.5, 0.6) is 0 Å². The SMILES string of the molecule is CSC1CCCC(NC2CCOC3(CCSC3)C2)C1. The van der Waals surface area contributed by atoms with Crippen molar-refractivity contribution in [2.45, 2.75) is 67.9 Å². The maximum atomic E-state index is 6.12. The van der Waals surface area contributed by atoms with Crippen LogP contribution in [-0.2, 0) is 4.74 Å². The van der Waals surface area contributed by atoms with E-state index in [4.69, 9.17) is 4.74 Å². The fraction of sp³-hybridized carbons (Fsp3) is 1.00. The van der Waals surface area contributed by atoms with Gasteiger partial charge in [-0.2, -0.15) is 23.5 Å². The molecule has 3 fully saturated rings. The molecule has 0 radical (unpaired) electrons. The summed E-state index contributed by atoms with van der Waals surface area (Å²) in [7, 11) is 0. The molecule has 2 saturated heterocycles. The Bertz CT molecular complexity index is 294. The van der Waals surface area contributed by atoms with Gasteiger partial charge in [0.15, 0.2) is 0 Å². The first-order valence-electron chi connectivity index (χ1n) is 7.80. The van der Waals surface area contributed by atoms with Crippen LogP contribution in [0.2, 0.25) is 0 Å². The highest BCUT2D eigenvalue weighted by atomic mass is 32.2. The molecule has 4 atom stereocenters. The average molecular weight is 302 g/mol. The van der Waals surface area contributed by atoms with Crippen molar-refractivity contribution in [3.63, 3.8) is 0 Å². The summed E-state index contributed by atoms with van der Waals surface area (Å²) in [5, 5.41) is 4.86. The van der Waals surface area contributed by atoms with E-state index in [0.29, 0.717) is 6.04 Å². The molecule has 3 rings (SSSR count). The first kappa shape index (κ1) is 14.6. The normalized spacial score (nSPS) is 43.7. The predicted octanol–water partition coefficient (Wildman–Crippen LogP) is 3.30. The average Bonchev–Trinajstić information content (AvgIpc) is 2.87. The lowest BCUT2D eigenvalue weighted by Crippen LogP contribution is -2.50. The van der Waals surface area contributed by atoms with Gasteiger partial charge in [0.25, 0.3) is 0 Å². The van der Waals surface area contributed by atoms with Crippen molar-refractivity contribution in [2.24, 2.45) is 0 Å². The minimum absolute atomic E-state index is 0.230. The van der Waals surface area contributed by atoms with Gasteiger partial charge < -0.3 is 10.1 Å². The van der Waals surface area contributed by atoms with Crippen molar-refractivity contribution in [1.29, 1.82) is 0 Å². The van der Waals surface area contributed by atoms with E-state index in [9.17, 15) is 0 Å². The highest BCUT2D eigenvalue weighted by Gasteiger charge is 2.41. The second-order valence-corrected chi connectivity index (χ2v) is 8.65. The molecular formula is C15H27NOS2. The van der Waals surface area contributed by atoms with Crippen LogP contribution in [-0.4, -0.2) is 47.3 Å². The van der Waals surface area contributed by atoms with Crippen molar-refractivity contribution in [2.75, 3.05) is 24.4 Å². The molecule has 1 aliphatic carbocycles. The summed E-state index contributed by atoms with van der Waals surface area (Å²) in [6, 6.07) is 1.47. The van der Waals surface area contributed by atoms with E-state index >= 15 is 0 Å². The minimum atomic E-state index is 0.230. The zero-order valence-electron chi connectivity index (χ0n) is 12.0. The molecule has 3 aliphatic rings. The van der Waals surface area contributed by atoms with Crippen molar-refractivity contribution in [1.82, 2.24) is 5.32 Å². The number of nitrogens with one attached hydrogen (secondary N) is 1. The molecule has 1 saturated carbocycles. The zero-order chi connectivity index (χ0) is 13.1. The molecule has 0 aromatic rings. The van der Waals surface area contributed by atoms with Gasteiger partial charge >= 0.3 is 0 Å². The lowest BCUT2D eigenvalue weighted by atomic mass is 9.88. The van der Waals surface area contributed by atoms with E-state index in [1.807, 2.05) is 0 Å². The summed E-state index contributed by atoms with van der Waals surface area (Å²) in [6.45, 7) is 0.969. The predicted molar refractivity (Wildman–Crippen MR) is 86.3 cm³/mol. The summed E-state index contributed by atoms with van der Waals surface area (Å²) in [5.74, 6) is 2.52. The first-order valence-corrected chi connectivity index (χ1v) is 10.2. The van der Waals surface area contributed by atoms with Gasteiger partial charge in [0.1, 0.15) is 0 Å². The molecule has 0 bridgehead atoms. The molecule has 4 heteroatoms. The lowest BCUT2D eigenvalue weighted by molar-refractivity contribution is -0.0717. The minimum Gasteiger partial charge on any atom is -0.374 e. The molecular weight excluding hydrogens is 274 g/mol. The van der Waals surface area contributed by atoms with E-state index in [0.717, 1.165) is 17.9 Å². The number of hydrogen-bond donors (Lipinski definition) is 1. The molecule has 1 spiro atoms.